The Morgan fingerprint density at radius 3 is 2.86 bits per heavy atom. The summed E-state index contributed by atoms with van der Waals surface area (Å²) in [5.74, 6) is 1.76. The van der Waals surface area contributed by atoms with Crippen molar-refractivity contribution in [2.75, 3.05) is 25.6 Å². The Bertz CT molecular complexity index is 957. The van der Waals surface area contributed by atoms with Crippen LogP contribution in [0.15, 0.2) is 35.5 Å². The standard InChI is InChI=1S/C21H25N3O2S2/c1-21(2)11-15-16(12-26-21)28-19-17(15)18(22-9-10-25-3)23-20(24-19)27-13-14-7-5-4-6-8-14/h4-8H,9-13H2,1-3H3,(H,22,23,24). The fourth-order valence-electron chi connectivity index (χ4n) is 3.31. The second-order valence-electron chi connectivity index (χ2n) is 7.46. The average molecular weight is 416 g/mol. The summed E-state index contributed by atoms with van der Waals surface area (Å²) >= 11 is 3.40. The zero-order chi connectivity index (χ0) is 19.6. The largest absolute Gasteiger partial charge is 0.383 e. The van der Waals surface area contributed by atoms with Gasteiger partial charge in [-0.15, -0.1) is 11.3 Å². The summed E-state index contributed by atoms with van der Waals surface area (Å²) in [6.45, 7) is 6.28. The molecule has 0 bridgehead atoms. The van der Waals surface area contributed by atoms with E-state index in [1.807, 2.05) is 6.07 Å². The summed E-state index contributed by atoms with van der Waals surface area (Å²) in [6, 6.07) is 10.4. The molecule has 4 rings (SSSR count). The van der Waals surface area contributed by atoms with Gasteiger partial charge >= 0.3 is 0 Å². The number of fused-ring (bicyclic) bond motifs is 3. The average Bonchev–Trinajstić information content (AvgIpc) is 3.04. The molecule has 0 spiro atoms. The Balaban J connectivity index is 1.68. The van der Waals surface area contributed by atoms with E-state index in [0.29, 0.717) is 13.2 Å². The SMILES string of the molecule is COCCNc1nc(SCc2ccccc2)nc2sc3c(c12)CC(C)(C)OC3. The number of hydrogen-bond donors (Lipinski definition) is 1. The first-order valence-electron chi connectivity index (χ1n) is 9.41. The Hall–Kier alpha value is -1.67. The van der Waals surface area contributed by atoms with Crippen molar-refractivity contribution in [2.24, 2.45) is 0 Å². The van der Waals surface area contributed by atoms with E-state index in [1.54, 1.807) is 30.2 Å². The Kier molecular flexibility index (Phi) is 5.87. The van der Waals surface area contributed by atoms with Gasteiger partial charge in [-0.2, -0.15) is 0 Å². The van der Waals surface area contributed by atoms with Crippen molar-refractivity contribution in [2.45, 2.75) is 43.4 Å². The van der Waals surface area contributed by atoms with Crippen LogP contribution in [0.1, 0.15) is 29.9 Å². The van der Waals surface area contributed by atoms with Crippen molar-refractivity contribution in [3.05, 3.63) is 46.3 Å². The number of rotatable bonds is 7. The molecule has 7 heteroatoms. The maximum Gasteiger partial charge on any atom is 0.191 e. The molecule has 1 aromatic carbocycles. The molecule has 0 atom stereocenters. The smallest absolute Gasteiger partial charge is 0.191 e. The van der Waals surface area contributed by atoms with E-state index >= 15 is 0 Å². The first kappa shape index (κ1) is 19.6. The van der Waals surface area contributed by atoms with E-state index in [2.05, 4.69) is 43.4 Å². The quantitative estimate of drug-likeness (QED) is 0.337. The molecule has 0 saturated heterocycles. The van der Waals surface area contributed by atoms with Gasteiger partial charge in [0.1, 0.15) is 10.6 Å². The molecule has 0 aliphatic carbocycles. The van der Waals surface area contributed by atoms with Crippen LogP contribution in [-0.4, -0.2) is 35.8 Å². The highest BCUT2D eigenvalue weighted by atomic mass is 32.2. The van der Waals surface area contributed by atoms with Crippen LogP contribution in [0.25, 0.3) is 10.2 Å². The van der Waals surface area contributed by atoms with E-state index in [1.165, 1.54) is 16.0 Å². The lowest BCUT2D eigenvalue weighted by molar-refractivity contribution is -0.0379. The van der Waals surface area contributed by atoms with Gasteiger partial charge in [0.25, 0.3) is 0 Å². The molecular weight excluding hydrogens is 390 g/mol. The number of ether oxygens (including phenoxy) is 2. The fraction of sp³-hybridized carbons (Fsp3) is 0.429. The molecule has 1 N–H and O–H groups in total. The molecule has 1 aliphatic rings. The number of nitrogens with zero attached hydrogens (tertiary/aromatic N) is 2. The van der Waals surface area contributed by atoms with Crippen LogP contribution in [0.2, 0.25) is 0 Å². The lowest BCUT2D eigenvalue weighted by atomic mass is 9.94. The number of nitrogens with one attached hydrogen (secondary N) is 1. The number of thiophene rings is 1. The highest BCUT2D eigenvalue weighted by Gasteiger charge is 2.31. The number of hydrogen-bond acceptors (Lipinski definition) is 7. The van der Waals surface area contributed by atoms with Gasteiger partial charge < -0.3 is 14.8 Å². The maximum atomic E-state index is 6.01. The lowest BCUT2D eigenvalue weighted by Gasteiger charge is -2.30. The van der Waals surface area contributed by atoms with E-state index in [4.69, 9.17) is 19.4 Å². The first-order valence-corrected chi connectivity index (χ1v) is 11.2. The molecule has 3 heterocycles. The third-order valence-electron chi connectivity index (χ3n) is 4.72. The number of benzene rings is 1. The Labute approximate surface area is 173 Å². The molecule has 3 aromatic rings. The molecule has 5 nitrogen and oxygen atoms in total. The third-order valence-corrected chi connectivity index (χ3v) is 6.74. The third kappa shape index (κ3) is 4.33. The van der Waals surface area contributed by atoms with Crippen LogP contribution in [0.4, 0.5) is 5.82 Å². The van der Waals surface area contributed by atoms with Gasteiger partial charge in [0.15, 0.2) is 5.16 Å². The predicted molar refractivity (Wildman–Crippen MR) is 116 cm³/mol. The van der Waals surface area contributed by atoms with Crippen molar-refractivity contribution in [3.63, 3.8) is 0 Å². The van der Waals surface area contributed by atoms with Crippen LogP contribution in [0.3, 0.4) is 0 Å². The highest BCUT2D eigenvalue weighted by Crippen LogP contribution is 2.41. The lowest BCUT2D eigenvalue weighted by Crippen LogP contribution is -2.31. The Morgan fingerprint density at radius 2 is 2.07 bits per heavy atom. The van der Waals surface area contributed by atoms with Crippen LogP contribution in [0, 0.1) is 0 Å². The van der Waals surface area contributed by atoms with Crippen molar-refractivity contribution >= 4 is 39.1 Å². The van der Waals surface area contributed by atoms with Crippen LogP contribution in [-0.2, 0) is 28.3 Å². The molecule has 2 aromatic heterocycles. The van der Waals surface area contributed by atoms with Crippen LogP contribution < -0.4 is 5.32 Å². The van der Waals surface area contributed by atoms with Crippen LogP contribution >= 0.6 is 23.1 Å². The van der Waals surface area contributed by atoms with Gasteiger partial charge in [0.05, 0.1) is 24.2 Å². The van der Waals surface area contributed by atoms with Gasteiger partial charge in [-0.3, -0.25) is 0 Å². The minimum Gasteiger partial charge on any atom is -0.383 e. The van der Waals surface area contributed by atoms with Gasteiger partial charge in [-0.25, -0.2) is 9.97 Å². The minimum atomic E-state index is -0.161. The van der Waals surface area contributed by atoms with E-state index in [-0.39, 0.29) is 5.60 Å². The zero-order valence-corrected chi connectivity index (χ0v) is 18.1. The van der Waals surface area contributed by atoms with Crippen molar-refractivity contribution in [3.8, 4) is 0 Å². The normalized spacial score (nSPS) is 15.5. The number of thioether (sulfide) groups is 1. The number of aromatic nitrogens is 2. The first-order chi connectivity index (χ1) is 13.6. The molecule has 0 saturated carbocycles. The van der Waals surface area contributed by atoms with E-state index in [9.17, 15) is 0 Å². The molecule has 0 radical (unpaired) electrons. The van der Waals surface area contributed by atoms with Gasteiger partial charge in [0.2, 0.25) is 0 Å². The monoisotopic (exact) mass is 415 g/mol. The molecule has 1 aliphatic heterocycles. The molecule has 148 valence electrons. The fourth-order valence-corrected chi connectivity index (χ4v) is 5.27. The summed E-state index contributed by atoms with van der Waals surface area (Å²) < 4.78 is 11.2. The number of methoxy groups -OCH3 is 1. The Morgan fingerprint density at radius 1 is 1.25 bits per heavy atom. The van der Waals surface area contributed by atoms with Crippen LogP contribution in [0.5, 0.6) is 0 Å². The highest BCUT2D eigenvalue weighted by molar-refractivity contribution is 7.98. The molecular formula is C21H25N3O2S2. The minimum absolute atomic E-state index is 0.161. The summed E-state index contributed by atoms with van der Waals surface area (Å²) in [5, 5.41) is 5.42. The summed E-state index contributed by atoms with van der Waals surface area (Å²) in [7, 11) is 1.71. The second-order valence-corrected chi connectivity index (χ2v) is 9.48. The summed E-state index contributed by atoms with van der Waals surface area (Å²) in [6.07, 6.45) is 0.876. The number of anilines is 1. The molecule has 0 unspecified atom stereocenters. The van der Waals surface area contributed by atoms with Gasteiger partial charge in [-0.1, -0.05) is 42.1 Å². The van der Waals surface area contributed by atoms with Gasteiger partial charge in [0, 0.05) is 30.7 Å². The predicted octanol–water partition coefficient (Wildman–Crippen LogP) is 4.89. The van der Waals surface area contributed by atoms with Crippen molar-refractivity contribution < 1.29 is 9.47 Å². The molecule has 0 fully saturated rings. The summed E-state index contributed by atoms with van der Waals surface area (Å²) in [5.41, 5.74) is 2.44. The van der Waals surface area contributed by atoms with E-state index in [0.717, 1.165) is 39.9 Å². The molecule has 28 heavy (non-hydrogen) atoms. The van der Waals surface area contributed by atoms with Crippen molar-refractivity contribution in [1.29, 1.82) is 0 Å². The molecule has 0 amide bonds. The van der Waals surface area contributed by atoms with Gasteiger partial charge in [-0.05, 0) is 25.0 Å². The second kappa shape index (κ2) is 8.37. The maximum absolute atomic E-state index is 6.01. The summed E-state index contributed by atoms with van der Waals surface area (Å²) in [4.78, 5) is 12.0. The van der Waals surface area contributed by atoms with Crippen molar-refractivity contribution in [1.82, 2.24) is 9.97 Å². The topological polar surface area (TPSA) is 56.3 Å². The zero-order valence-electron chi connectivity index (χ0n) is 16.4. The van der Waals surface area contributed by atoms with E-state index < -0.39 is 0 Å².